The van der Waals surface area contributed by atoms with Crippen LogP contribution in [-0.2, 0) is 11.2 Å². The summed E-state index contributed by atoms with van der Waals surface area (Å²) in [5, 5.41) is 3.29. The van der Waals surface area contributed by atoms with Crippen molar-refractivity contribution in [2.24, 2.45) is 5.92 Å². The number of nitrogens with zero attached hydrogens (tertiary/aromatic N) is 1. The molecule has 1 aromatic carbocycles. The van der Waals surface area contributed by atoms with Gasteiger partial charge in [0.15, 0.2) is 5.78 Å². The van der Waals surface area contributed by atoms with Crippen LogP contribution in [0.1, 0.15) is 35.2 Å². The lowest BCUT2D eigenvalue weighted by atomic mass is 9.88. The summed E-state index contributed by atoms with van der Waals surface area (Å²) in [5.74, 6) is 0.557. The molecule has 4 heteroatoms. The molecule has 0 bridgehead atoms. The van der Waals surface area contributed by atoms with Crippen LogP contribution in [0.5, 0.6) is 0 Å². The zero-order valence-electron chi connectivity index (χ0n) is 11.8. The molecule has 2 aliphatic rings. The summed E-state index contributed by atoms with van der Waals surface area (Å²) >= 11 is 0. The molecule has 2 heterocycles. The second kappa shape index (κ2) is 5.37. The van der Waals surface area contributed by atoms with Crippen LogP contribution in [0.2, 0.25) is 0 Å². The van der Waals surface area contributed by atoms with Crippen molar-refractivity contribution in [3.63, 3.8) is 0 Å². The van der Waals surface area contributed by atoms with Gasteiger partial charge in [-0.1, -0.05) is 0 Å². The van der Waals surface area contributed by atoms with E-state index in [0.717, 1.165) is 49.2 Å². The van der Waals surface area contributed by atoms with Gasteiger partial charge in [0.05, 0.1) is 0 Å². The zero-order valence-corrected chi connectivity index (χ0v) is 11.8. The molecule has 0 spiro atoms. The van der Waals surface area contributed by atoms with E-state index in [-0.39, 0.29) is 17.6 Å². The minimum absolute atomic E-state index is 0.148. The fraction of sp³-hybridized carbons (Fsp3) is 0.500. The summed E-state index contributed by atoms with van der Waals surface area (Å²) < 4.78 is 0. The van der Waals surface area contributed by atoms with E-state index in [2.05, 4.69) is 5.32 Å². The third kappa shape index (κ3) is 2.36. The largest absolute Gasteiger partial charge is 0.317 e. The fourth-order valence-corrected chi connectivity index (χ4v) is 3.13. The van der Waals surface area contributed by atoms with Gasteiger partial charge in [-0.15, -0.1) is 0 Å². The molecule has 3 rings (SSSR count). The molecule has 2 aliphatic heterocycles. The summed E-state index contributed by atoms with van der Waals surface area (Å²) in [4.78, 5) is 25.9. The highest BCUT2D eigenvalue weighted by molar-refractivity contribution is 6.00. The van der Waals surface area contributed by atoms with E-state index in [1.54, 1.807) is 11.9 Å². The molecule has 0 saturated carbocycles. The SMILES string of the molecule is CN1C(=O)CCc2cc(C(=O)C3CCNCC3)ccc21. The highest BCUT2D eigenvalue weighted by atomic mass is 16.2. The number of amides is 1. The number of aryl methyl sites for hydroxylation is 1. The highest BCUT2D eigenvalue weighted by Crippen LogP contribution is 2.29. The maximum Gasteiger partial charge on any atom is 0.227 e. The Morgan fingerprint density at radius 2 is 2.00 bits per heavy atom. The average Bonchev–Trinajstić information content (AvgIpc) is 2.51. The predicted octanol–water partition coefficient (Wildman–Crippen LogP) is 1.78. The van der Waals surface area contributed by atoms with Crippen LogP contribution in [0.4, 0.5) is 5.69 Å². The Hall–Kier alpha value is -1.68. The van der Waals surface area contributed by atoms with E-state index in [1.807, 2.05) is 18.2 Å². The second-order valence-electron chi connectivity index (χ2n) is 5.68. The summed E-state index contributed by atoms with van der Waals surface area (Å²) in [6.07, 6.45) is 3.13. The smallest absolute Gasteiger partial charge is 0.227 e. The van der Waals surface area contributed by atoms with Crippen LogP contribution in [0.15, 0.2) is 18.2 Å². The van der Waals surface area contributed by atoms with E-state index < -0.39 is 0 Å². The van der Waals surface area contributed by atoms with Crippen molar-refractivity contribution in [3.8, 4) is 0 Å². The molecule has 106 valence electrons. The first-order chi connectivity index (χ1) is 9.66. The number of carbonyl (C=O) groups excluding carboxylic acids is 2. The van der Waals surface area contributed by atoms with Crippen molar-refractivity contribution in [2.45, 2.75) is 25.7 Å². The summed E-state index contributed by atoms with van der Waals surface area (Å²) in [6, 6.07) is 5.78. The number of ketones is 1. The molecule has 20 heavy (non-hydrogen) atoms. The zero-order chi connectivity index (χ0) is 14.1. The molecule has 0 aliphatic carbocycles. The lowest BCUT2D eigenvalue weighted by Gasteiger charge is -2.27. The van der Waals surface area contributed by atoms with Gasteiger partial charge in [-0.05, 0) is 56.1 Å². The molecule has 0 radical (unpaired) electrons. The van der Waals surface area contributed by atoms with Crippen LogP contribution in [0.25, 0.3) is 0 Å². The quantitative estimate of drug-likeness (QED) is 0.835. The Labute approximate surface area is 119 Å². The van der Waals surface area contributed by atoms with Gasteiger partial charge in [0.2, 0.25) is 5.91 Å². The maximum absolute atomic E-state index is 12.5. The Kier molecular flexibility index (Phi) is 3.57. The van der Waals surface area contributed by atoms with Gasteiger partial charge in [-0.3, -0.25) is 9.59 Å². The number of benzene rings is 1. The maximum atomic E-state index is 12.5. The first kappa shape index (κ1) is 13.3. The third-order valence-electron chi connectivity index (χ3n) is 4.42. The molecule has 1 N–H and O–H groups in total. The molecular formula is C16H20N2O2. The van der Waals surface area contributed by atoms with Gasteiger partial charge in [-0.25, -0.2) is 0 Å². The molecule has 1 fully saturated rings. The molecule has 0 unspecified atom stereocenters. The Bertz CT molecular complexity index is 547. The predicted molar refractivity (Wildman–Crippen MR) is 78.1 cm³/mol. The minimum Gasteiger partial charge on any atom is -0.317 e. The number of nitrogens with one attached hydrogen (secondary N) is 1. The van der Waals surface area contributed by atoms with Crippen LogP contribution < -0.4 is 10.2 Å². The number of hydrogen-bond donors (Lipinski definition) is 1. The van der Waals surface area contributed by atoms with E-state index >= 15 is 0 Å². The van der Waals surface area contributed by atoms with Gasteiger partial charge < -0.3 is 10.2 Å². The lowest BCUT2D eigenvalue weighted by Crippen LogP contribution is -2.33. The van der Waals surface area contributed by atoms with Gasteiger partial charge in [0, 0.05) is 30.6 Å². The fourth-order valence-electron chi connectivity index (χ4n) is 3.13. The third-order valence-corrected chi connectivity index (χ3v) is 4.42. The molecule has 0 aromatic heterocycles. The van der Waals surface area contributed by atoms with Crippen molar-refractivity contribution >= 4 is 17.4 Å². The number of piperidine rings is 1. The molecular weight excluding hydrogens is 252 g/mol. The summed E-state index contributed by atoms with van der Waals surface area (Å²) in [5.41, 5.74) is 2.87. The van der Waals surface area contributed by atoms with E-state index in [1.165, 1.54) is 0 Å². The van der Waals surface area contributed by atoms with Gasteiger partial charge in [-0.2, -0.15) is 0 Å². The highest BCUT2D eigenvalue weighted by Gasteiger charge is 2.25. The molecule has 1 amide bonds. The Balaban J connectivity index is 1.85. The first-order valence-corrected chi connectivity index (χ1v) is 7.31. The van der Waals surface area contributed by atoms with Crippen molar-refractivity contribution in [2.75, 3.05) is 25.0 Å². The topological polar surface area (TPSA) is 49.4 Å². The summed E-state index contributed by atoms with van der Waals surface area (Å²) in [6.45, 7) is 1.86. The monoisotopic (exact) mass is 272 g/mol. The molecule has 1 aromatic rings. The molecule has 0 atom stereocenters. The normalized spacial score (nSPS) is 19.9. The van der Waals surface area contributed by atoms with Gasteiger partial charge in [0.1, 0.15) is 0 Å². The van der Waals surface area contributed by atoms with E-state index in [9.17, 15) is 9.59 Å². The molecule has 1 saturated heterocycles. The standard InChI is InChI=1S/C16H20N2O2/c1-18-14-4-2-13(10-12(14)3-5-15(18)19)16(20)11-6-8-17-9-7-11/h2,4,10-11,17H,3,5-9H2,1H3. The molecule has 4 nitrogen and oxygen atoms in total. The first-order valence-electron chi connectivity index (χ1n) is 7.31. The van der Waals surface area contributed by atoms with Crippen molar-refractivity contribution in [1.82, 2.24) is 5.32 Å². The van der Waals surface area contributed by atoms with Crippen LogP contribution in [0, 0.1) is 5.92 Å². The lowest BCUT2D eigenvalue weighted by molar-refractivity contribution is -0.118. The van der Waals surface area contributed by atoms with Gasteiger partial charge in [0.25, 0.3) is 0 Å². The second-order valence-corrected chi connectivity index (χ2v) is 5.68. The van der Waals surface area contributed by atoms with E-state index in [0.29, 0.717) is 6.42 Å². The Morgan fingerprint density at radius 3 is 2.75 bits per heavy atom. The van der Waals surface area contributed by atoms with E-state index in [4.69, 9.17) is 0 Å². The summed E-state index contributed by atoms with van der Waals surface area (Å²) in [7, 11) is 1.80. The number of rotatable bonds is 2. The van der Waals surface area contributed by atoms with Crippen molar-refractivity contribution in [3.05, 3.63) is 29.3 Å². The van der Waals surface area contributed by atoms with Crippen molar-refractivity contribution < 1.29 is 9.59 Å². The van der Waals surface area contributed by atoms with Crippen LogP contribution in [0.3, 0.4) is 0 Å². The van der Waals surface area contributed by atoms with Gasteiger partial charge >= 0.3 is 0 Å². The number of Topliss-reactive ketones (excluding diaryl/α,β-unsaturated/α-hetero) is 1. The Morgan fingerprint density at radius 1 is 1.25 bits per heavy atom. The number of fused-ring (bicyclic) bond motifs is 1. The van der Waals surface area contributed by atoms with Crippen LogP contribution in [-0.4, -0.2) is 31.8 Å². The number of carbonyl (C=O) groups is 2. The number of anilines is 1. The van der Waals surface area contributed by atoms with Crippen LogP contribution >= 0.6 is 0 Å². The minimum atomic E-state index is 0.148. The van der Waals surface area contributed by atoms with Crippen molar-refractivity contribution in [1.29, 1.82) is 0 Å². The average molecular weight is 272 g/mol. The number of hydrogen-bond acceptors (Lipinski definition) is 3.